The van der Waals surface area contributed by atoms with Gasteiger partial charge < -0.3 is 25.2 Å². The number of hydrogen-bond donors (Lipinski definition) is 4. The zero-order valence-corrected chi connectivity index (χ0v) is 50.6. The molecule has 0 heterocycles. The van der Waals surface area contributed by atoms with Gasteiger partial charge in [0.15, 0.2) is 0 Å². The summed E-state index contributed by atoms with van der Waals surface area (Å²) < 4.78 is 5.44. The molecule has 0 radical (unpaired) electrons. The van der Waals surface area contributed by atoms with Crippen molar-refractivity contribution < 1.29 is 49.1 Å². The Balaban J connectivity index is 0.000000163. The molecule has 0 aromatic heterocycles. The van der Waals surface area contributed by atoms with Gasteiger partial charge in [0.2, 0.25) is 11.6 Å². The molecule has 10 nitrogen and oxygen atoms in total. The Labute approximate surface area is 456 Å². The van der Waals surface area contributed by atoms with Gasteiger partial charge in [0, 0.05) is 35.5 Å². The number of carboxylic acid groups (broad SMARTS) is 1. The van der Waals surface area contributed by atoms with Crippen LogP contribution < -0.4 is 0 Å². The summed E-state index contributed by atoms with van der Waals surface area (Å²) in [4.78, 5) is 55.9. The third-order valence-corrected chi connectivity index (χ3v) is 25.0. The number of rotatable bonds is 3. The third-order valence-electron chi connectivity index (χ3n) is 25.0. The fourth-order valence-electron chi connectivity index (χ4n) is 16.9. The number of ketones is 3. The lowest BCUT2D eigenvalue weighted by atomic mass is 9.70. The molecular weight excluding hydrogens is 941 g/mol. The minimum Gasteiger partial charge on any atom is -0.481 e. The number of fused-ring (bicyclic) bond motifs is 8. The Morgan fingerprint density at radius 2 is 1.07 bits per heavy atom. The summed E-state index contributed by atoms with van der Waals surface area (Å²) in [7, 11) is 0. The van der Waals surface area contributed by atoms with Crippen LogP contribution in [0, 0.1) is 90.7 Å². The lowest BCUT2D eigenvalue weighted by Crippen LogP contribution is -2.37. The lowest BCUT2D eigenvalue weighted by molar-refractivity contribution is -0.154. The highest BCUT2D eigenvalue weighted by Crippen LogP contribution is 2.67. The van der Waals surface area contributed by atoms with Crippen LogP contribution >= 0.6 is 0 Å². The summed E-state index contributed by atoms with van der Waals surface area (Å²) in [5.74, 6) is 3.68. The largest absolute Gasteiger partial charge is 0.481 e. The van der Waals surface area contributed by atoms with Crippen LogP contribution in [0.15, 0.2) is 0 Å². The molecule has 0 saturated heterocycles. The molecular formula is C65H112O10. The second kappa shape index (κ2) is 24.3. The van der Waals surface area contributed by atoms with Gasteiger partial charge in [0.25, 0.3) is 0 Å². The van der Waals surface area contributed by atoms with Crippen LogP contribution in [-0.2, 0) is 28.7 Å². The average molecular weight is 1050 g/mol. The molecule has 0 amide bonds. The first-order valence-corrected chi connectivity index (χ1v) is 30.6. The molecule has 432 valence electrons. The smallest absolute Gasteiger partial charge is 0.306 e. The normalized spacial score (nSPS) is 40.7. The molecule has 11 saturated carbocycles. The fraction of sp³-hybridized carbons (Fsp3) is 0.923. The number of esters is 1. The van der Waals surface area contributed by atoms with E-state index in [1.165, 1.54) is 77.6 Å². The zero-order chi connectivity index (χ0) is 56.5. The van der Waals surface area contributed by atoms with Crippen LogP contribution in [-0.4, -0.2) is 74.1 Å². The summed E-state index contributed by atoms with van der Waals surface area (Å²) in [6.07, 6.45) is 27.1. The van der Waals surface area contributed by atoms with Crippen LogP contribution in [0.1, 0.15) is 265 Å². The van der Waals surface area contributed by atoms with Crippen molar-refractivity contribution in [2.75, 3.05) is 0 Å². The van der Waals surface area contributed by atoms with Gasteiger partial charge in [-0.15, -0.1) is 0 Å². The van der Waals surface area contributed by atoms with Crippen molar-refractivity contribution in [1.29, 1.82) is 0 Å². The van der Waals surface area contributed by atoms with Gasteiger partial charge in [-0.3, -0.25) is 24.0 Å². The van der Waals surface area contributed by atoms with Gasteiger partial charge in [0.1, 0.15) is 11.9 Å². The van der Waals surface area contributed by atoms with E-state index < -0.39 is 5.97 Å². The van der Waals surface area contributed by atoms with Crippen molar-refractivity contribution in [3.05, 3.63) is 0 Å². The van der Waals surface area contributed by atoms with E-state index in [2.05, 4.69) is 83.1 Å². The first-order chi connectivity index (χ1) is 34.6. The van der Waals surface area contributed by atoms with Crippen LogP contribution in [0.2, 0.25) is 0 Å². The van der Waals surface area contributed by atoms with E-state index in [-0.39, 0.29) is 86.3 Å². The predicted octanol–water partition coefficient (Wildman–Crippen LogP) is 14.3. The SMILES string of the molecule is CC(=O)OC1CC2CCC1(C)C2(C)C.CC(C)[C@@H]1CC[C@@H](C)C[C@H]1O.CC1(C)C2CCC1(C)C(O)C2.CC12CCC(C(=O)C1=O)C2(C)C.CC12CCC(CC1=O)C2(C)C.O=C(O)C1CCCCC1.OC1CCCCC1. The fourth-order valence-corrected chi connectivity index (χ4v) is 16.9. The molecule has 0 aromatic rings. The van der Waals surface area contributed by atoms with Crippen LogP contribution in [0.3, 0.4) is 0 Å². The van der Waals surface area contributed by atoms with E-state index in [9.17, 15) is 34.2 Å². The molecule has 10 unspecified atom stereocenters. The van der Waals surface area contributed by atoms with Gasteiger partial charge in [-0.25, -0.2) is 0 Å². The lowest BCUT2D eigenvalue weighted by Gasteiger charge is -2.38. The molecule has 11 rings (SSSR count). The minimum atomic E-state index is -0.602. The van der Waals surface area contributed by atoms with Gasteiger partial charge in [-0.1, -0.05) is 149 Å². The van der Waals surface area contributed by atoms with E-state index >= 15 is 0 Å². The van der Waals surface area contributed by atoms with Gasteiger partial charge in [-0.05, 0) is 165 Å². The molecule has 11 fully saturated rings. The highest BCUT2D eigenvalue weighted by Gasteiger charge is 2.67. The Hall–Kier alpha value is -2.17. The Bertz CT molecular complexity index is 1970. The molecule has 0 aromatic carbocycles. The van der Waals surface area contributed by atoms with Crippen LogP contribution in [0.4, 0.5) is 0 Å². The van der Waals surface area contributed by atoms with Gasteiger partial charge in [0.05, 0.1) is 24.2 Å². The van der Waals surface area contributed by atoms with E-state index in [4.69, 9.17) is 14.9 Å². The molecule has 0 spiro atoms. The standard InChI is InChI=1S/C12H20O2.C10H14O2.C10H18O.C10H16O.C10H20O.C7H12O2.C6H12O/c1-8(13)14-10-7-9-5-6-12(10,4)11(9,2)3;1-9(2)6-4-5-10(9,3)8(12)7(6)11;2*1-9(2)7-4-5-10(9,3)8(11)6-7;1-7(2)9-5-4-8(3)6-10(9)11;8-7(9)6-4-2-1-3-5-6;7-6-4-2-1-3-5-6/h9-10H,5-7H2,1-4H3;6H,4-5H2,1-3H3;7-8,11H,4-6H2,1-3H3;7H,4-6H2,1-3H3;7-11H,4-6H2,1-3H3;6H,1-5H2,(H,8,9);6-7H,1-5H2/t;;;;8-,9+,10-;;/m....1../s1. The number of hydrogen-bond acceptors (Lipinski definition) is 9. The summed E-state index contributed by atoms with van der Waals surface area (Å²) in [6.45, 7) is 34.7. The minimum absolute atomic E-state index is 0.00926. The predicted molar refractivity (Wildman–Crippen MR) is 300 cm³/mol. The summed E-state index contributed by atoms with van der Waals surface area (Å²) >= 11 is 0. The summed E-state index contributed by atoms with van der Waals surface area (Å²) in [5, 5.41) is 37.0. The maximum Gasteiger partial charge on any atom is 0.306 e. The van der Waals surface area contributed by atoms with Gasteiger partial charge >= 0.3 is 11.9 Å². The zero-order valence-electron chi connectivity index (χ0n) is 50.6. The molecule has 75 heavy (non-hydrogen) atoms. The van der Waals surface area contributed by atoms with Crippen molar-refractivity contribution in [3.63, 3.8) is 0 Å². The van der Waals surface area contributed by atoms with Crippen molar-refractivity contribution in [3.8, 4) is 0 Å². The third kappa shape index (κ3) is 12.6. The molecule has 11 aliphatic carbocycles. The maximum absolute atomic E-state index is 11.6. The highest BCUT2D eigenvalue weighted by molar-refractivity contribution is 6.43. The monoisotopic (exact) mass is 1050 g/mol. The van der Waals surface area contributed by atoms with Crippen molar-refractivity contribution in [1.82, 2.24) is 0 Å². The molecule has 4 N–H and O–H groups in total. The summed E-state index contributed by atoms with van der Waals surface area (Å²) in [6, 6.07) is 0. The van der Waals surface area contributed by atoms with Crippen LogP contribution in [0.5, 0.6) is 0 Å². The maximum atomic E-state index is 11.6. The number of carbonyl (C=O) groups excluding carboxylic acids is 4. The molecule has 10 heteroatoms. The first kappa shape index (κ1) is 63.7. The van der Waals surface area contributed by atoms with E-state index in [0.717, 1.165) is 101 Å². The Morgan fingerprint density at radius 3 is 1.33 bits per heavy atom. The summed E-state index contributed by atoms with van der Waals surface area (Å²) in [5.41, 5.74) is 1.01. The van der Waals surface area contributed by atoms with Gasteiger partial charge in [-0.2, -0.15) is 0 Å². The Morgan fingerprint density at radius 1 is 0.560 bits per heavy atom. The number of Topliss-reactive ketones (excluding diaryl/α,β-unsaturated/α-hetero) is 3. The van der Waals surface area contributed by atoms with E-state index in [1.807, 2.05) is 20.8 Å². The molecule has 8 bridgehead atoms. The number of aliphatic hydroxyl groups excluding tert-OH is 3. The number of ether oxygens (including phenoxy) is 1. The Kier molecular flexibility index (Phi) is 20.6. The number of carboxylic acids is 1. The number of aliphatic carboxylic acids is 1. The second-order valence-corrected chi connectivity index (χ2v) is 29.9. The topological polar surface area (TPSA) is 175 Å². The number of aliphatic hydroxyl groups is 3. The van der Waals surface area contributed by atoms with E-state index in [0.29, 0.717) is 34.4 Å². The second-order valence-electron chi connectivity index (χ2n) is 29.9. The van der Waals surface area contributed by atoms with Crippen molar-refractivity contribution in [2.45, 2.75) is 289 Å². The van der Waals surface area contributed by atoms with E-state index in [1.54, 1.807) is 0 Å². The molecule has 11 aliphatic rings. The molecule has 0 aliphatic heterocycles. The van der Waals surface area contributed by atoms with Crippen molar-refractivity contribution in [2.24, 2.45) is 90.7 Å². The highest BCUT2D eigenvalue weighted by atomic mass is 16.5. The quantitative estimate of drug-likeness (QED) is 0.157. The first-order valence-electron chi connectivity index (χ1n) is 30.6. The van der Waals surface area contributed by atoms with Crippen molar-refractivity contribution >= 4 is 29.3 Å². The average Bonchev–Trinajstić information content (AvgIpc) is 4.06. The van der Waals surface area contributed by atoms with Crippen LogP contribution in [0.25, 0.3) is 0 Å². The number of carbonyl (C=O) groups is 5. The molecule has 13 atom stereocenters.